The summed E-state index contributed by atoms with van der Waals surface area (Å²) in [6, 6.07) is 14.0. The van der Waals surface area contributed by atoms with Crippen LogP contribution >= 0.6 is 0 Å². The van der Waals surface area contributed by atoms with Gasteiger partial charge in [-0.1, -0.05) is 50.6 Å². The first-order chi connectivity index (χ1) is 13.5. The average molecular weight is 385 g/mol. The van der Waals surface area contributed by atoms with Gasteiger partial charge >= 0.3 is 5.97 Å². The molecule has 0 saturated carbocycles. The minimum Gasteiger partial charge on any atom is -0.493 e. The van der Waals surface area contributed by atoms with E-state index in [0.29, 0.717) is 23.7 Å². The fourth-order valence-electron chi connectivity index (χ4n) is 2.68. The molecule has 0 unspecified atom stereocenters. The fourth-order valence-corrected chi connectivity index (χ4v) is 2.68. The Bertz CT molecular complexity index is 791. The van der Waals surface area contributed by atoms with E-state index >= 15 is 0 Å². The Morgan fingerprint density at radius 2 is 1.75 bits per heavy atom. The molecule has 0 aliphatic heterocycles. The Kier molecular flexibility index (Phi) is 7.87. The number of benzene rings is 2. The highest BCUT2D eigenvalue weighted by atomic mass is 16.5. The van der Waals surface area contributed by atoms with Crippen molar-refractivity contribution in [1.82, 2.24) is 5.32 Å². The van der Waals surface area contributed by atoms with E-state index < -0.39 is 12.0 Å². The summed E-state index contributed by atoms with van der Waals surface area (Å²) in [6.07, 6.45) is 0.732. The van der Waals surface area contributed by atoms with Gasteiger partial charge in [0.2, 0.25) is 0 Å². The molecule has 0 aliphatic carbocycles. The first kappa shape index (κ1) is 21.3. The monoisotopic (exact) mass is 385 g/mol. The molecule has 2 aromatic rings. The van der Waals surface area contributed by atoms with Crippen molar-refractivity contribution in [1.29, 1.82) is 0 Å². The number of hydrogen-bond acceptors (Lipinski definition) is 5. The Morgan fingerprint density at radius 3 is 2.36 bits per heavy atom. The van der Waals surface area contributed by atoms with Gasteiger partial charge in [-0.2, -0.15) is 0 Å². The molecule has 0 heterocycles. The van der Waals surface area contributed by atoms with Crippen molar-refractivity contribution < 1.29 is 23.8 Å². The van der Waals surface area contributed by atoms with E-state index in [2.05, 4.69) is 5.32 Å². The van der Waals surface area contributed by atoms with E-state index in [1.165, 1.54) is 14.2 Å². The van der Waals surface area contributed by atoms with Gasteiger partial charge in [-0.05, 0) is 29.7 Å². The summed E-state index contributed by atoms with van der Waals surface area (Å²) < 4.78 is 16.0. The maximum absolute atomic E-state index is 12.6. The third-order valence-corrected chi connectivity index (χ3v) is 4.62. The van der Waals surface area contributed by atoms with E-state index in [1.54, 1.807) is 18.2 Å². The van der Waals surface area contributed by atoms with Crippen LogP contribution < -0.4 is 14.8 Å². The lowest BCUT2D eigenvalue weighted by Crippen LogP contribution is -2.45. The smallest absolute Gasteiger partial charge is 0.328 e. The van der Waals surface area contributed by atoms with E-state index in [9.17, 15) is 9.59 Å². The summed E-state index contributed by atoms with van der Waals surface area (Å²) in [5.74, 6) is 0.101. The van der Waals surface area contributed by atoms with Crippen molar-refractivity contribution >= 4 is 11.9 Å². The number of amides is 1. The number of carbonyl (C=O) groups excluding carboxylic acids is 2. The number of rotatable bonds is 9. The molecule has 6 nitrogen and oxygen atoms in total. The second kappa shape index (κ2) is 10.3. The maximum Gasteiger partial charge on any atom is 0.328 e. The van der Waals surface area contributed by atoms with Crippen LogP contribution in [-0.2, 0) is 16.1 Å². The average Bonchev–Trinajstić information content (AvgIpc) is 2.75. The van der Waals surface area contributed by atoms with Crippen LogP contribution in [0.4, 0.5) is 0 Å². The first-order valence-corrected chi connectivity index (χ1v) is 9.23. The fraction of sp³-hybridized carbons (Fsp3) is 0.364. The van der Waals surface area contributed by atoms with Gasteiger partial charge in [0.05, 0.1) is 14.2 Å². The third kappa shape index (κ3) is 5.49. The Labute approximate surface area is 165 Å². The van der Waals surface area contributed by atoms with Gasteiger partial charge in [0, 0.05) is 5.56 Å². The van der Waals surface area contributed by atoms with Crippen LogP contribution in [0.2, 0.25) is 0 Å². The molecular formula is C22H27NO5. The summed E-state index contributed by atoms with van der Waals surface area (Å²) in [5.41, 5.74) is 1.40. The molecule has 0 fully saturated rings. The van der Waals surface area contributed by atoms with Crippen molar-refractivity contribution in [3.05, 3.63) is 59.7 Å². The van der Waals surface area contributed by atoms with Crippen molar-refractivity contribution in [2.24, 2.45) is 5.92 Å². The van der Waals surface area contributed by atoms with Crippen LogP contribution in [-0.4, -0.2) is 32.1 Å². The molecule has 2 rings (SSSR count). The SMILES string of the molecule is CC[C@@H](C)[C@@H](NC(=O)c1ccc(OCc2ccccc2)c(OC)c1)C(=O)OC. The lowest BCUT2D eigenvalue weighted by molar-refractivity contribution is -0.144. The second-order valence-corrected chi connectivity index (χ2v) is 6.50. The summed E-state index contributed by atoms with van der Waals surface area (Å²) >= 11 is 0. The van der Waals surface area contributed by atoms with Crippen LogP contribution in [0.15, 0.2) is 48.5 Å². The highest BCUT2D eigenvalue weighted by Gasteiger charge is 2.27. The molecule has 6 heteroatoms. The van der Waals surface area contributed by atoms with Crippen molar-refractivity contribution in [3.8, 4) is 11.5 Å². The summed E-state index contributed by atoms with van der Waals surface area (Å²) in [6.45, 7) is 4.23. The summed E-state index contributed by atoms with van der Waals surface area (Å²) in [5, 5.41) is 2.75. The molecule has 0 saturated heterocycles. The predicted octanol–water partition coefficient (Wildman–Crippen LogP) is 3.59. The van der Waals surface area contributed by atoms with Crippen molar-refractivity contribution in [3.63, 3.8) is 0 Å². The predicted molar refractivity (Wildman–Crippen MR) is 106 cm³/mol. The summed E-state index contributed by atoms with van der Waals surface area (Å²) in [7, 11) is 2.83. The van der Waals surface area contributed by atoms with Crippen LogP contribution in [0.25, 0.3) is 0 Å². The minimum atomic E-state index is -0.706. The number of hydrogen-bond donors (Lipinski definition) is 1. The number of esters is 1. The molecule has 0 bridgehead atoms. The van der Waals surface area contributed by atoms with Crippen LogP contribution in [0.5, 0.6) is 11.5 Å². The molecule has 150 valence electrons. The number of nitrogens with one attached hydrogen (secondary N) is 1. The molecule has 1 amide bonds. The molecule has 2 aromatic carbocycles. The lowest BCUT2D eigenvalue weighted by atomic mass is 9.99. The van der Waals surface area contributed by atoms with Crippen molar-refractivity contribution in [2.45, 2.75) is 32.9 Å². The summed E-state index contributed by atoms with van der Waals surface area (Å²) in [4.78, 5) is 24.6. The Hall–Kier alpha value is -3.02. The van der Waals surface area contributed by atoms with Gasteiger partial charge < -0.3 is 19.5 Å². The zero-order valence-corrected chi connectivity index (χ0v) is 16.7. The molecule has 0 radical (unpaired) electrons. The first-order valence-electron chi connectivity index (χ1n) is 9.23. The molecule has 0 aromatic heterocycles. The topological polar surface area (TPSA) is 73.9 Å². The lowest BCUT2D eigenvalue weighted by Gasteiger charge is -2.22. The highest BCUT2D eigenvalue weighted by molar-refractivity contribution is 5.97. The molecule has 28 heavy (non-hydrogen) atoms. The number of ether oxygens (including phenoxy) is 3. The van der Waals surface area contributed by atoms with E-state index in [-0.39, 0.29) is 11.8 Å². The largest absolute Gasteiger partial charge is 0.493 e. The quantitative estimate of drug-likeness (QED) is 0.668. The van der Waals surface area contributed by atoms with Crippen LogP contribution in [0.3, 0.4) is 0 Å². The van der Waals surface area contributed by atoms with Gasteiger partial charge in [-0.15, -0.1) is 0 Å². The maximum atomic E-state index is 12.6. The zero-order valence-electron chi connectivity index (χ0n) is 16.7. The van der Waals surface area contributed by atoms with Gasteiger partial charge in [0.25, 0.3) is 5.91 Å². The highest BCUT2D eigenvalue weighted by Crippen LogP contribution is 2.29. The molecule has 0 spiro atoms. The van der Waals surface area contributed by atoms with Crippen LogP contribution in [0.1, 0.15) is 36.2 Å². The molecular weight excluding hydrogens is 358 g/mol. The third-order valence-electron chi connectivity index (χ3n) is 4.62. The molecule has 2 atom stereocenters. The van der Waals surface area contributed by atoms with Gasteiger partial charge in [-0.3, -0.25) is 4.79 Å². The standard InChI is InChI=1S/C22H27NO5/c1-5-15(2)20(22(25)27-4)23-21(24)17-11-12-18(19(13-17)26-3)28-14-16-9-7-6-8-10-16/h6-13,15,20H,5,14H2,1-4H3,(H,23,24)/t15-,20-/m1/s1. The van der Waals surface area contributed by atoms with Gasteiger partial charge in [0.1, 0.15) is 12.6 Å². The number of carbonyl (C=O) groups is 2. The Morgan fingerprint density at radius 1 is 1.04 bits per heavy atom. The van der Waals surface area contributed by atoms with Crippen LogP contribution in [0, 0.1) is 5.92 Å². The van der Waals surface area contributed by atoms with E-state index in [1.807, 2.05) is 44.2 Å². The normalized spacial score (nSPS) is 12.6. The Balaban J connectivity index is 2.12. The number of methoxy groups -OCH3 is 2. The minimum absolute atomic E-state index is 0.0493. The second-order valence-electron chi connectivity index (χ2n) is 6.50. The van der Waals surface area contributed by atoms with Crippen molar-refractivity contribution in [2.75, 3.05) is 14.2 Å². The van der Waals surface area contributed by atoms with E-state index in [4.69, 9.17) is 14.2 Å². The van der Waals surface area contributed by atoms with Gasteiger partial charge in [0.15, 0.2) is 11.5 Å². The van der Waals surface area contributed by atoms with E-state index in [0.717, 1.165) is 12.0 Å². The van der Waals surface area contributed by atoms with Gasteiger partial charge in [-0.25, -0.2) is 4.79 Å². The zero-order chi connectivity index (χ0) is 20.5. The molecule has 1 N–H and O–H groups in total. The molecule has 0 aliphatic rings.